The molecule has 23 heavy (non-hydrogen) atoms. The first-order valence-electron chi connectivity index (χ1n) is 6.53. The Balaban J connectivity index is 2.12. The van der Waals surface area contributed by atoms with E-state index in [1.807, 2.05) is 0 Å². The number of hydrogen-bond acceptors (Lipinski definition) is 4. The molecule has 0 aliphatic carbocycles. The van der Waals surface area contributed by atoms with E-state index >= 15 is 0 Å². The largest absolute Gasteiger partial charge is 0.465 e. The van der Waals surface area contributed by atoms with Crippen LogP contribution in [0.2, 0.25) is 0 Å². The molecule has 1 saturated heterocycles. The van der Waals surface area contributed by atoms with Crippen molar-refractivity contribution in [3.8, 4) is 0 Å². The molecule has 7 nitrogen and oxygen atoms in total. The first-order valence-corrected chi connectivity index (χ1v) is 6.53. The number of anilines is 1. The molecule has 10 heteroatoms. The number of amides is 2. The fraction of sp³-hybridized carbons (Fsp3) is 0.462. The van der Waals surface area contributed by atoms with Crippen LogP contribution in [0.25, 0.3) is 0 Å². The Bertz CT molecular complexity index is 616. The third-order valence-corrected chi connectivity index (χ3v) is 3.32. The van der Waals surface area contributed by atoms with E-state index in [-0.39, 0.29) is 12.3 Å². The standard InChI is InChI=1S/C13H14F3N3O4/c1-12(2)19(11(21)22)8(6-23-12)10(20)18-7-3-4-9(17-5-7)13(14,15)16/h3-5,8H,6H2,1-2H3,(H,18,20)(H,21,22)/t8-/m1/s1. The minimum Gasteiger partial charge on any atom is -0.465 e. The summed E-state index contributed by atoms with van der Waals surface area (Å²) in [5.74, 6) is -0.709. The summed E-state index contributed by atoms with van der Waals surface area (Å²) in [6.45, 7) is 2.83. The molecular weight excluding hydrogens is 319 g/mol. The van der Waals surface area contributed by atoms with Crippen LogP contribution >= 0.6 is 0 Å². The molecule has 0 radical (unpaired) electrons. The van der Waals surface area contributed by atoms with Crippen molar-refractivity contribution in [1.29, 1.82) is 0 Å². The van der Waals surface area contributed by atoms with E-state index in [0.717, 1.165) is 23.2 Å². The molecule has 1 atom stereocenters. The molecule has 1 aromatic rings. The Morgan fingerprint density at radius 3 is 2.57 bits per heavy atom. The molecule has 1 aliphatic heterocycles. The van der Waals surface area contributed by atoms with E-state index < -0.39 is 35.6 Å². The molecule has 0 unspecified atom stereocenters. The third-order valence-electron chi connectivity index (χ3n) is 3.32. The van der Waals surface area contributed by atoms with Crippen LogP contribution in [-0.4, -0.2) is 45.4 Å². The molecule has 0 spiro atoms. The van der Waals surface area contributed by atoms with E-state index in [1.54, 1.807) is 0 Å². The Labute approximate surface area is 129 Å². The molecule has 1 aliphatic rings. The monoisotopic (exact) mass is 333 g/mol. The topological polar surface area (TPSA) is 91.8 Å². The summed E-state index contributed by atoms with van der Waals surface area (Å²) < 4.78 is 42.5. The van der Waals surface area contributed by atoms with Gasteiger partial charge in [-0.2, -0.15) is 13.2 Å². The lowest BCUT2D eigenvalue weighted by Gasteiger charge is -2.30. The SMILES string of the molecule is CC1(C)OC[C@H](C(=O)Nc2ccc(C(F)(F)F)nc2)N1C(=O)O. The van der Waals surface area contributed by atoms with Gasteiger partial charge in [0.05, 0.1) is 18.5 Å². The van der Waals surface area contributed by atoms with Gasteiger partial charge in [0.25, 0.3) is 0 Å². The van der Waals surface area contributed by atoms with E-state index in [0.29, 0.717) is 0 Å². The van der Waals surface area contributed by atoms with E-state index in [1.165, 1.54) is 13.8 Å². The predicted molar refractivity (Wildman–Crippen MR) is 71.6 cm³/mol. The van der Waals surface area contributed by atoms with Gasteiger partial charge >= 0.3 is 12.3 Å². The Morgan fingerprint density at radius 1 is 1.43 bits per heavy atom. The van der Waals surface area contributed by atoms with Crippen LogP contribution in [0.1, 0.15) is 19.5 Å². The van der Waals surface area contributed by atoms with Gasteiger partial charge in [-0.05, 0) is 26.0 Å². The average molecular weight is 333 g/mol. The van der Waals surface area contributed by atoms with Crippen molar-refractivity contribution < 1.29 is 32.6 Å². The van der Waals surface area contributed by atoms with Gasteiger partial charge in [0.2, 0.25) is 5.91 Å². The summed E-state index contributed by atoms with van der Waals surface area (Å²) in [7, 11) is 0. The van der Waals surface area contributed by atoms with Crippen molar-refractivity contribution in [3.05, 3.63) is 24.0 Å². The fourth-order valence-corrected chi connectivity index (χ4v) is 2.22. The predicted octanol–water partition coefficient (Wildman–Crippen LogP) is 2.15. The molecule has 0 aromatic carbocycles. The molecule has 0 bridgehead atoms. The molecule has 2 rings (SSSR count). The molecule has 126 valence electrons. The highest BCUT2D eigenvalue weighted by Gasteiger charge is 2.47. The Hall–Kier alpha value is -2.36. The van der Waals surface area contributed by atoms with Crippen LogP contribution in [-0.2, 0) is 15.7 Å². The lowest BCUT2D eigenvalue weighted by atomic mass is 10.2. The maximum absolute atomic E-state index is 12.4. The molecule has 1 fully saturated rings. The smallest absolute Gasteiger partial charge is 0.433 e. The summed E-state index contributed by atoms with van der Waals surface area (Å²) in [5, 5.41) is 11.5. The number of aromatic nitrogens is 1. The molecule has 2 heterocycles. The van der Waals surface area contributed by atoms with E-state index in [4.69, 9.17) is 4.74 Å². The zero-order chi connectivity index (χ0) is 17.4. The van der Waals surface area contributed by atoms with Gasteiger partial charge in [0.15, 0.2) is 0 Å². The van der Waals surface area contributed by atoms with E-state index in [2.05, 4.69) is 10.3 Å². The first kappa shape index (κ1) is 17.0. The Morgan fingerprint density at radius 2 is 2.09 bits per heavy atom. The second-order valence-electron chi connectivity index (χ2n) is 5.35. The highest BCUT2D eigenvalue weighted by Crippen LogP contribution is 2.29. The van der Waals surface area contributed by atoms with Gasteiger partial charge < -0.3 is 15.2 Å². The van der Waals surface area contributed by atoms with Gasteiger partial charge in [0.1, 0.15) is 17.5 Å². The number of alkyl halides is 3. The summed E-state index contributed by atoms with van der Waals surface area (Å²) in [4.78, 5) is 27.5. The van der Waals surface area contributed by atoms with Gasteiger partial charge in [-0.3, -0.25) is 9.69 Å². The zero-order valence-electron chi connectivity index (χ0n) is 12.2. The fourth-order valence-electron chi connectivity index (χ4n) is 2.22. The number of hydrogen-bond donors (Lipinski definition) is 2. The van der Waals surface area contributed by atoms with Crippen LogP contribution < -0.4 is 5.32 Å². The van der Waals surface area contributed by atoms with Crippen molar-refractivity contribution in [2.75, 3.05) is 11.9 Å². The quantitative estimate of drug-likeness (QED) is 0.865. The van der Waals surface area contributed by atoms with E-state index in [9.17, 15) is 27.9 Å². The number of carboxylic acid groups (broad SMARTS) is 1. The second kappa shape index (κ2) is 5.69. The zero-order valence-corrected chi connectivity index (χ0v) is 12.2. The van der Waals surface area contributed by atoms with Crippen LogP contribution in [0.15, 0.2) is 18.3 Å². The summed E-state index contributed by atoms with van der Waals surface area (Å²) in [6.07, 6.45) is -5.06. The van der Waals surface area contributed by atoms with Gasteiger partial charge in [0, 0.05) is 0 Å². The molecule has 0 saturated carbocycles. The molecule has 2 amide bonds. The van der Waals surface area contributed by atoms with Gasteiger partial charge in [-0.25, -0.2) is 9.78 Å². The minimum atomic E-state index is -4.58. The number of halogens is 3. The average Bonchev–Trinajstić information content (AvgIpc) is 2.74. The number of nitrogens with one attached hydrogen (secondary N) is 1. The molecular formula is C13H14F3N3O4. The van der Waals surface area contributed by atoms with Crippen molar-refractivity contribution in [2.24, 2.45) is 0 Å². The number of rotatable bonds is 2. The summed E-state index contributed by atoms with van der Waals surface area (Å²) >= 11 is 0. The second-order valence-corrected chi connectivity index (χ2v) is 5.35. The number of carbonyl (C=O) groups excluding carboxylic acids is 1. The first-order chi connectivity index (χ1) is 10.5. The number of carbonyl (C=O) groups is 2. The lowest BCUT2D eigenvalue weighted by molar-refractivity contribution is -0.141. The lowest BCUT2D eigenvalue weighted by Crippen LogP contribution is -2.51. The normalized spacial score (nSPS) is 20.4. The summed E-state index contributed by atoms with van der Waals surface area (Å²) in [5.41, 5.74) is -2.24. The maximum Gasteiger partial charge on any atom is 0.433 e. The van der Waals surface area contributed by atoms with Crippen LogP contribution in [0, 0.1) is 0 Å². The maximum atomic E-state index is 12.4. The van der Waals surface area contributed by atoms with Crippen LogP contribution in [0.4, 0.5) is 23.7 Å². The Kier molecular flexibility index (Phi) is 4.20. The summed E-state index contributed by atoms with van der Waals surface area (Å²) in [6, 6.07) is 0.657. The van der Waals surface area contributed by atoms with Gasteiger partial charge in [-0.1, -0.05) is 0 Å². The van der Waals surface area contributed by atoms with Crippen molar-refractivity contribution in [3.63, 3.8) is 0 Å². The number of nitrogens with zero attached hydrogens (tertiary/aromatic N) is 2. The van der Waals surface area contributed by atoms with Crippen LogP contribution in [0.5, 0.6) is 0 Å². The molecule has 1 aromatic heterocycles. The third kappa shape index (κ3) is 3.52. The van der Waals surface area contributed by atoms with Crippen molar-refractivity contribution >= 4 is 17.7 Å². The van der Waals surface area contributed by atoms with Crippen molar-refractivity contribution in [1.82, 2.24) is 9.88 Å². The number of pyridine rings is 1. The molecule has 2 N–H and O–H groups in total. The van der Waals surface area contributed by atoms with Crippen molar-refractivity contribution in [2.45, 2.75) is 31.8 Å². The number of ether oxygens (including phenoxy) is 1. The van der Waals surface area contributed by atoms with Crippen LogP contribution in [0.3, 0.4) is 0 Å². The highest BCUT2D eigenvalue weighted by molar-refractivity contribution is 5.96. The minimum absolute atomic E-state index is 0.0260. The van der Waals surface area contributed by atoms with Gasteiger partial charge in [-0.15, -0.1) is 0 Å². The highest BCUT2D eigenvalue weighted by atomic mass is 19.4.